The maximum absolute atomic E-state index is 12.8. The summed E-state index contributed by atoms with van der Waals surface area (Å²) in [5.74, 6) is -0.102. The van der Waals surface area contributed by atoms with Gasteiger partial charge in [-0.15, -0.1) is 0 Å². The van der Waals surface area contributed by atoms with Gasteiger partial charge in [0.25, 0.3) is 5.91 Å². The van der Waals surface area contributed by atoms with Gasteiger partial charge in [-0.25, -0.2) is 0 Å². The number of hydrogen-bond donors (Lipinski definition) is 1. The molecule has 4 heteroatoms. The number of hydrogen-bond acceptors (Lipinski definition) is 2. The smallest absolute Gasteiger partial charge is 0.253 e. The van der Waals surface area contributed by atoms with Crippen molar-refractivity contribution < 1.29 is 9.59 Å². The van der Waals surface area contributed by atoms with Crippen LogP contribution in [-0.4, -0.2) is 29.8 Å². The van der Waals surface area contributed by atoms with Gasteiger partial charge in [0.05, 0.1) is 12.0 Å². The van der Waals surface area contributed by atoms with E-state index in [1.165, 1.54) is 5.56 Å². The van der Waals surface area contributed by atoms with Crippen LogP contribution in [0.15, 0.2) is 48.5 Å². The van der Waals surface area contributed by atoms with Gasteiger partial charge in [0.15, 0.2) is 0 Å². The largest absolute Gasteiger partial charge is 0.349 e. The van der Waals surface area contributed by atoms with Crippen molar-refractivity contribution >= 4 is 11.8 Å². The fraction of sp³-hybridized carbons (Fsp3) is 0.417. The Bertz CT molecular complexity index is 812. The van der Waals surface area contributed by atoms with Crippen LogP contribution in [-0.2, 0) is 11.2 Å². The Labute approximate surface area is 167 Å². The van der Waals surface area contributed by atoms with Gasteiger partial charge in [0.2, 0.25) is 5.91 Å². The summed E-state index contributed by atoms with van der Waals surface area (Å²) >= 11 is 0. The summed E-state index contributed by atoms with van der Waals surface area (Å²) in [6, 6.07) is 16.0. The zero-order chi connectivity index (χ0) is 20.1. The Kier molecular flexibility index (Phi) is 6.50. The molecule has 1 N–H and O–H groups in total. The number of amides is 2. The summed E-state index contributed by atoms with van der Waals surface area (Å²) in [5, 5.41) is 3.13. The van der Waals surface area contributed by atoms with Crippen molar-refractivity contribution in [3.63, 3.8) is 0 Å². The summed E-state index contributed by atoms with van der Waals surface area (Å²) in [6.07, 6.45) is 2.69. The van der Waals surface area contributed by atoms with Crippen LogP contribution in [0.5, 0.6) is 0 Å². The third kappa shape index (κ3) is 4.80. The SMILES string of the molecule is CCc1ccc(C(C)NC(=O)C2CCCN(C(=O)c3ccc(C)cc3)C2)cc1. The molecule has 0 spiro atoms. The first kappa shape index (κ1) is 20.1. The number of carbonyl (C=O) groups excluding carboxylic acids is 2. The molecule has 2 amide bonds. The highest BCUT2D eigenvalue weighted by molar-refractivity contribution is 5.94. The van der Waals surface area contributed by atoms with Gasteiger partial charge in [-0.3, -0.25) is 9.59 Å². The van der Waals surface area contributed by atoms with Crippen LogP contribution in [0.25, 0.3) is 0 Å². The lowest BCUT2D eigenvalue weighted by Gasteiger charge is -2.32. The Balaban J connectivity index is 1.60. The van der Waals surface area contributed by atoms with Crippen LogP contribution in [0.1, 0.15) is 59.8 Å². The maximum Gasteiger partial charge on any atom is 0.253 e. The molecule has 0 aliphatic carbocycles. The molecule has 3 rings (SSSR count). The molecule has 0 saturated carbocycles. The van der Waals surface area contributed by atoms with Gasteiger partial charge in [-0.05, 0) is 56.4 Å². The van der Waals surface area contributed by atoms with E-state index in [0.717, 1.165) is 30.4 Å². The van der Waals surface area contributed by atoms with E-state index in [-0.39, 0.29) is 23.8 Å². The summed E-state index contributed by atoms with van der Waals surface area (Å²) in [7, 11) is 0. The first-order valence-corrected chi connectivity index (χ1v) is 10.2. The van der Waals surface area contributed by atoms with Crippen molar-refractivity contribution in [2.75, 3.05) is 13.1 Å². The number of likely N-dealkylation sites (tertiary alicyclic amines) is 1. The Morgan fingerprint density at radius 2 is 1.79 bits per heavy atom. The molecule has 1 saturated heterocycles. The lowest BCUT2D eigenvalue weighted by molar-refractivity contribution is -0.127. The van der Waals surface area contributed by atoms with Gasteiger partial charge in [-0.1, -0.05) is 48.9 Å². The van der Waals surface area contributed by atoms with Gasteiger partial charge in [-0.2, -0.15) is 0 Å². The second-order valence-corrected chi connectivity index (χ2v) is 7.78. The van der Waals surface area contributed by atoms with E-state index in [0.29, 0.717) is 18.7 Å². The molecule has 2 unspecified atom stereocenters. The minimum Gasteiger partial charge on any atom is -0.349 e. The van der Waals surface area contributed by atoms with E-state index < -0.39 is 0 Å². The monoisotopic (exact) mass is 378 g/mol. The molecule has 2 aromatic carbocycles. The van der Waals surface area contributed by atoms with Crippen molar-refractivity contribution in [1.29, 1.82) is 0 Å². The average Bonchev–Trinajstić information content (AvgIpc) is 2.74. The van der Waals surface area contributed by atoms with Crippen molar-refractivity contribution in [2.24, 2.45) is 5.92 Å². The highest BCUT2D eigenvalue weighted by Crippen LogP contribution is 2.21. The van der Waals surface area contributed by atoms with E-state index in [1.807, 2.05) is 43.0 Å². The van der Waals surface area contributed by atoms with Gasteiger partial charge in [0.1, 0.15) is 0 Å². The summed E-state index contributed by atoms with van der Waals surface area (Å²) in [6.45, 7) is 7.35. The molecule has 1 aliphatic heterocycles. The first-order chi connectivity index (χ1) is 13.5. The maximum atomic E-state index is 12.8. The van der Waals surface area contributed by atoms with Crippen LogP contribution in [0.3, 0.4) is 0 Å². The van der Waals surface area contributed by atoms with Crippen LogP contribution in [0.2, 0.25) is 0 Å². The van der Waals surface area contributed by atoms with E-state index in [1.54, 1.807) is 0 Å². The molecule has 28 heavy (non-hydrogen) atoms. The van der Waals surface area contributed by atoms with E-state index in [2.05, 4.69) is 36.5 Å². The van der Waals surface area contributed by atoms with Gasteiger partial charge in [0, 0.05) is 18.7 Å². The number of nitrogens with zero attached hydrogens (tertiary/aromatic N) is 1. The average molecular weight is 379 g/mol. The van der Waals surface area contributed by atoms with Crippen LogP contribution in [0, 0.1) is 12.8 Å². The zero-order valence-corrected chi connectivity index (χ0v) is 17.1. The molecule has 2 atom stereocenters. The molecule has 0 aromatic heterocycles. The van der Waals surface area contributed by atoms with Crippen molar-refractivity contribution in [3.8, 4) is 0 Å². The predicted molar refractivity (Wildman–Crippen MR) is 112 cm³/mol. The summed E-state index contributed by atoms with van der Waals surface area (Å²) in [5.41, 5.74) is 4.22. The molecule has 148 valence electrons. The van der Waals surface area contributed by atoms with E-state index in [4.69, 9.17) is 0 Å². The molecule has 2 aromatic rings. The normalized spacial score (nSPS) is 17.8. The standard InChI is InChI=1S/C24H30N2O2/c1-4-19-9-13-20(14-10-19)18(3)25-23(27)22-6-5-15-26(16-22)24(28)21-11-7-17(2)8-12-21/h7-14,18,22H,4-6,15-16H2,1-3H3,(H,25,27). The quantitative estimate of drug-likeness (QED) is 0.844. The zero-order valence-electron chi connectivity index (χ0n) is 17.1. The molecular formula is C24H30N2O2. The number of piperidine rings is 1. The van der Waals surface area contributed by atoms with Crippen LogP contribution >= 0.6 is 0 Å². The number of carbonyl (C=O) groups is 2. The lowest BCUT2D eigenvalue weighted by Crippen LogP contribution is -2.45. The molecular weight excluding hydrogens is 348 g/mol. The van der Waals surface area contributed by atoms with Crippen LogP contribution in [0.4, 0.5) is 0 Å². The lowest BCUT2D eigenvalue weighted by atomic mass is 9.95. The van der Waals surface area contributed by atoms with Gasteiger partial charge >= 0.3 is 0 Å². The summed E-state index contributed by atoms with van der Waals surface area (Å²) in [4.78, 5) is 27.4. The molecule has 0 bridgehead atoms. The van der Waals surface area contributed by atoms with E-state index >= 15 is 0 Å². The second kappa shape index (κ2) is 9.05. The molecule has 1 aliphatic rings. The fourth-order valence-corrected chi connectivity index (χ4v) is 3.71. The number of nitrogens with one attached hydrogen (secondary N) is 1. The third-order valence-electron chi connectivity index (χ3n) is 5.62. The summed E-state index contributed by atoms with van der Waals surface area (Å²) < 4.78 is 0. The van der Waals surface area contributed by atoms with Crippen molar-refractivity contribution in [1.82, 2.24) is 10.2 Å². The predicted octanol–water partition coefficient (Wildman–Crippen LogP) is 4.29. The minimum absolute atomic E-state index is 0.0145. The number of aryl methyl sites for hydroxylation is 2. The third-order valence-corrected chi connectivity index (χ3v) is 5.62. The second-order valence-electron chi connectivity index (χ2n) is 7.78. The van der Waals surface area contributed by atoms with Crippen molar-refractivity contribution in [2.45, 2.75) is 46.1 Å². The molecule has 0 radical (unpaired) electrons. The molecule has 1 fully saturated rings. The highest BCUT2D eigenvalue weighted by atomic mass is 16.2. The Morgan fingerprint density at radius 1 is 1.11 bits per heavy atom. The molecule has 4 nitrogen and oxygen atoms in total. The minimum atomic E-state index is -0.152. The fourth-order valence-electron chi connectivity index (χ4n) is 3.71. The number of rotatable bonds is 5. The number of benzene rings is 2. The Hall–Kier alpha value is -2.62. The van der Waals surface area contributed by atoms with Crippen molar-refractivity contribution in [3.05, 3.63) is 70.8 Å². The van der Waals surface area contributed by atoms with Gasteiger partial charge < -0.3 is 10.2 Å². The van der Waals surface area contributed by atoms with E-state index in [9.17, 15) is 9.59 Å². The molecule has 1 heterocycles. The topological polar surface area (TPSA) is 49.4 Å². The van der Waals surface area contributed by atoms with Crippen LogP contribution < -0.4 is 5.32 Å². The highest BCUT2D eigenvalue weighted by Gasteiger charge is 2.29. The Morgan fingerprint density at radius 3 is 2.43 bits per heavy atom. The first-order valence-electron chi connectivity index (χ1n) is 10.2.